The van der Waals surface area contributed by atoms with E-state index in [1.807, 2.05) is 32.9 Å². The molecule has 152 valence electrons. The lowest BCUT2D eigenvalue weighted by atomic mass is 10.2. The van der Waals surface area contributed by atoms with Crippen LogP contribution >= 0.6 is 0 Å². The first-order chi connectivity index (χ1) is 13.8. The Hall–Kier alpha value is -3.28. The standard InChI is InChI=1S/C23H24O6/c1-14(2)12-27-23(25)16(4)28-18-9-10-19-20(11-18)26-13-21(22(19)24)29-17-7-5-15(3)6-8-17/h5-11,13-14,16H,12H2,1-4H3/t16-/m0/s1. The van der Waals surface area contributed by atoms with Crippen LogP contribution in [0.25, 0.3) is 11.0 Å². The maximum atomic E-state index is 12.7. The van der Waals surface area contributed by atoms with Gasteiger partial charge in [0, 0.05) is 6.07 Å². The van der Waals surface area contributed by atoms with E-state index in [0.29, 0.717) is 29.1 Å². The van der Waals surface area contributed by atoms with Gasteiger partial charge < -0.3 is 18.6 Å². The van der Waals surface area contributed by atoms with Crippen LogP contribution in [0.1, 0.15) is 26.3 Å². The number of benzene rings is 2. The smallest absolute Gasteiger partial charge is 0.347 e. The molecule has 3 aromatic rings. The third kappa shape index (κ3) is 5.16. The summed E-state index contributed by atoms with van der Waals surface area (Å²) in [5, 5.41) is 0.358. The first kappa shape index (κ1) is 20.5. The fourth-order valence-electron chi connectivity index (χ4n) is 2.59. The summed E-state index contributed by atoms with van der Waals surface area (Å²) >= 11 is 0. The molecule has 1 atom stereocenters. The van der Waals surface area contributed by atoms with Crippen molar-refractivity contribution in [1.29, 1.82) is 0 Å². The van der Waals surface area contributed by atoms with Crippen molar-refractivity contribution in [2.24, 2.45) is 5.92 Å². The van der Waals surface area contributed by atoms with Gasteiger partial charge in [0.15, 0.2) is 6.10 Å². The van der Waals surface area contributed by atoms with Gasteiger partial charge >= 0.3 is 5.97 Å². The van der Waals surface area contributed by atoms with Crippen molar-refractivity contribution in [1.82, 2.24) is 0 Å². The summed E-state index contributed by atoms with van der Waals surface area (Å²) in [5.74, 6) is 0.859. The summed E-state index contributed by atoms with van der Waals surface area (Å²) in [4.78, 5) is 24.7. The lowest BCUT2D eigenvalue weighted by Crippen LogP contribution is -2.27. The van der Waals surface area contributed by atoms with Crippen molar-refractivity contribution in [2.75, 3.05) is 6.61 Å². The molecule has 0 saturated carbocycles. The molecule has 2 aromatic carbocycles. The van der Waals surface area contributed by atoms with Gasteiger partial charge in [-0.3, -0.25) is 4.79 Å². The molecule has 0 saturated heterocycles. The van der Waals surface area contributed by atoms with E-state index in [0.717, 1.165) is 5.56 Å². The van der Waals surface area contributed by atoms with Gasteiger partial charge in [0.25, 0.3) is 0 Å². The van der Waals surface area contributed by atoms with Gasteiger partial charge in [-0.15, -0.1) is 0 Å². The first-order valence-electron chi connectivity index (χ1n) is 9.47. The molecule has 1 heterocycles. The minimum Gasteiger partial charge on any atom is -0.479 e. The highest BCUT2D eigenvalue weighted by atomic mass is 16.6. The number of ether oxygens (including phenoxy) is 3. The predicted octanol–water partition coefficient (Wildman–Crippen LogP) is 4.86. The molecule has 1 aromatic heterocycles. The SMILES string of the molecule is Cc1ccc(Oc2coc3cc(O[C@@H](C)C(=O)OCC(C)C)ccc3c2=O)cc1. The van der Waals surface area contributed by atoms with E-state index in [4.69, 9.17) is 18.6 Å². The number of esters is 1. The second-order valence-corrected chi connectivity index (χ2v) is 7.29. The van der Waals surface area contributed by atoms with E-state index in [9.17, 15) is 9.59 Å². The van der Waals surface area contributed by atoms with Gasteiger partial charge in [-0.1, -0.05) is 31.5 Å². The van der Waals surface area contributed by atoms with Crippen molar-refractivity contribution in [3.8, 4) is 17.2 Å². The van der Waals surface area contributed by atoms with Crippen LogP contribution < -0.4 is 14.9 Å². The molecule has 0 aliphatic heterocycles. The molecule has 0 fully saturated rings. The Bertz CT molecular complexity index is 1050. The van der Waals surface area contributed by atoms with E-state index in [-0.39, 0.29) is 17.1 Å². The van der Waals surface area contributed by atoms with Crippen molar-refractivity contribution < 1.29 is 23.4 Å². The Labute approximate surface area is 169 Å². The lowest BCUT2D eigenvalue weighted by Gasteiger charge is -2.15. The van der Waals surface area contributed by atoms with Crippen molar-refractivity contribution in [3.05, 3.63) is 64.5 Å². The van der Waals surface area contributed by atoms with Crippen LogP contribution in [0.15, 0.2) is 57.9 Å². The molecule has 0 aliphatic carbocycles. The molecule has 0 aliphatic rings. The highest BCUT2D eigenvalue weighted by Gasteiger charge is 2.18. The summed E-state index contributed by atoms with van der Waals surface area (Å²) in [6.45, 7) is 7.84. The average Bonchev–Trinajstić information content (AvgIpc) is 2.69. The van der Waals surface area contributed by atoms with Gasteiger partial charge in [0.2, 0.25) is 11.2 Å². The Morgan fingerprint density at radius 3 is 2.41 bits per heavy atom. The largest absolute Gasteiger partial charge is 0.479 e. The predicted molar refractivity (Wildman–Crippen MR) is 110 cm³/mol. The second-order valence-electron chi connectivity index (χ2n) is 7.29. The van der Waals surface area contributed by atoms with Crippen LogP contribution in [-0.4, -0.2) is 18.7 Å². The summed E-state index contributed by atoms with van der Waals surface area (Å²) in [6.07, 6.45) is 0.497. The molecule has 3 rings (SSSR count). The number of aryl methyl sites for hydroxylation is 1. The summed E-state index contributed by atoms with van der Waals surface area (Å²) < 4.78 is 22.0. The van der Waals surface area contributed by atoms with Crippen LogP contribution in [0.3, 0.4) is 0 Å². The summed E-state index contributed by atoms with van der Waals surface area (Å²) in [5.41, 5.74) is 1.15. The zero-order chi connectivity index (χ0) is 21.0. The number of carbonyl (C=O) groups excluding carboxylic acids is 1. The minimum atomic E-state index is -0.776. The minimum absolute atomic E-state index is 0.0978. The second kappa shape index (κ2) is 8.82. The van der Waals surface area contributed by atoms with Crippen molar-refractivity contribution in [3.63, 3.8) is 0 Å². The average molecular weight is 396 g/mol. The highest BCUT2D eigenvalue weighted by Crippen LogP contribution is 2.24. The number of hydrogen-bond acceptors (Lipinski definition) is 6. The van der Waals surface area contributed by atoms with Gasteiger partial charge in [-0.2, -0.15) is 0 Å². The third-order valence-corrected chi connectivity index (χ3v) is 4.17. The summed E-state index contributed by atoms with van der Waals surface area (Å²) in [7, 11) is 0. The Balaban J connectivity index is 1.76. The molecular weight excluding hydrogens is 372 g/mol. The van der Waals surface area contributed by atoms with Gasteiger partial charge in [0.1, 0.15) is 23.3 Å². The van der Waals surface area contributed by atoms with Crippen molar-refractivity contribution in [2.45, 2.75) is 33.8 Å². The number of fused-ring (bicyclic) bond motifs is 1. The van der Waals surface area contributed by atoms with Crippen LogP contribution in [0.4, 0.5) is 0 Å². The molecule has 0 radical (unpaired) electrons. The van der Waals surface area contributed by atoms with Crippen molar-refractivity contribution >= 4 is 16.9 Å². The Kier molecular flexibility index (Phi) is 6.22. The molecule has 0 spiro atoms. The van der Waals surface area contributed by atoms with E-state index in [2.05, 4.69) is 0 Å². The molecule has 0 amide bonds. The Morgan fingerprint density at radius 2 is 1.72 bits per heavy atom. The molecule has 0 unspecified atom stereocenters. The first-order valence-corrected chi connectivity index (χ1v) is 9.47. The zero-order valence-electron chi connectivity index (χ0n) is 16.9. The fraction of sp³-hybridized carbons (Fsp3) is 0.304. The van der Waals surface area contributed by atoms with Crippen LogP contribution in [-0.2, 0) is 9.53 Å². The van der Waals surface area contributed by atoms with E-state index in [1.54, 1.807) is 37.3 Å². The van der Waals surface area contributed by atoms with Crippen LogP contribution in [0.5, 0.6) is 17.2 Å². The van der Waals surface area contributed by atoms with Gasteiger partial charge in [-0.25, -0.2) is 4.79 Å². The quantitative estimate of drug-likeness (QED) is 0.531. The van der Waals surface area contributed by atoms with E-state index >= 15 is 0 Å². The molecule has 6 heteroatoms. The highest BCUT2D eigenvalue weighted by molar-refractivity contribution is 5.79. The molecule has 0 bridgehead atoms. The fourth-order valence-corrected chi connectivity index (χ4v) is 2.59. The molecular formula is C23H24O6. The maximum Gasteiger partial charge on any atom is 0.347 e. The molecule has 6 nitrogen and oxygen atoms in total. The topological polar surface area (TPSA) is 75.0 Å². The van der Waals surface area contributed by atoms with E-state index in [1.165, 1.54) is 6.26 Å². The van der Waals surface area contributed by atoms with Gasteiger partial charge in [-0.05, 0) is 44.0 Å². The lowest BCUT2D eigenvalue weighted by molar-refractivity contribution is -0.152. The summed E-state index contributed by atoms with van der Waals surface area (Å²) in [6, 6.07) is 12.1. The third-order valence-electron chi connectivity index (χ3n) is 4.17. The van der Waals surface area contributed by atoms with Crippen LogP contribution in [0, 0.1) is 12.8 Å². The maximum absolute atomic E-state index is 12.7. The Morgan fingerprint density at radius 1 is 1.03 bits per heavy atom. The number of carbonyl (C=O) groups is 1. The molecule has 29 heavy (non-hydrogen) atoms. The number of rotatable bonds is 7. The van der Waals surface area contributed by atoms with E-state index < -0.39 is 12.1 Å². The molecule has 0 N–H and O–H groups in total. The monoisotopic (exact) mass is 396 g/mol. The van der Waals surface area contributed by atoms with Gasteiger partial charge in [0.05, 0.1) is 12.0 Å². The zero-order valence-corrected chi connectivity index (χ0v) is 16.9. The van der Waals surface area contributed by atoms with Crippen LogP contribution in [0.2, 0.25) is 0 Å². The number of hydrogen-bond donors (Lipinski definition) is 0. The normalized spacial score (nSPS) is 12.0.